The molecule has 0 aliphatic heterocycles. The summed E-state index contributed by atoms with van der Waals surface area (Å²) in [7, 11) is 0. The SMILES string of the molecule is C[C@H](OC(=O)/C=C/c1cccc(C(F)(F)F)c1)C(=O)N[C@H]1CCCC[C@H]1C. The predicted octanol–water partition coefficient (Wildman–Crippen LogP) is 4.35. The largest absolute Gasteiger partial charge is 0.449 e. The van der Waals surface area contributed by atoms with E-state index in [0.29, 0.717) is 5.92 Å². The van der Waals surface area contributed by atoms with Gasteiger partial charge in [-0.2, -0.15) is 13.2 Å². The average molecular weight is 383 g/mol. The summed E-state index contributed by atoms with van der Waals surface area (Å²) >= 11 is 0. The number of alkyl halides is 3. The van der Waals surface area contributed by atoms with Crippen LogP contribution in [-0.4, -0.2) is 24.0 Å². The van der Waals surface area contributed by atoms with E-state index < -0.39 is 23.8 Å². The molecule has 0 unspecified atom stereocenters. The fourth-order valence-corrected chi connectivity index (χ4v) is 3.08. The second-order valence-electron chi connectivity index (χ2n) is 6.91. The van der Waals surface area contributed by atoms with Gasteiger partial charge in [0.1, 0.15) is 0 Å². The highest BCUT2D eigenvalue weighted by Crippen LogP contribution is 2.29. The Balaban J connectivity index is 1.89. The summed E-state index contributed by atoms with van der Waals surface area (Å²) in [6.07, 6.45) is 0.989. The van der Waals surface area contributed by atoms with Crippen molar-refractivity contribution < 1.29 is 27.5 Å². The summed E-state index contributed by atoms with van der Waals surface area (Å²) in [6.45, 7) is 3.55. The number of carbonyl (C=O) groups is 2. The van der Waals surface area contributed by atoms with Crippen LogP contribution in [0.15, 0.2) is 30.3 Å². The zero-order valence-corrected chi connectivity index (χ0v) is 15.4. The predicted molar refractivity (Wildman–Crippen MR) is 95.6 cm³/mol. The van der Waals surface area contributed by atoms with Crippen molar-refractivity contribution in [3.63, 3.8) is 0 Å². The second kappa shape index (κ2) is 9.06. The number of rotatable bonds is 5. The van der Waals surface area contributed by atoms with E-state index in [1.54, 1.807) is 0 Å². The van der Waals surface area contributed by atoms with Crippen LogP contribution in [0.1, 0.15) is 50.7 Å². The van der Waals surface area contributed by atoms with Crippen LogP contribution in [0.4, 0.5) is 13.2 Å². The number of carbonyl (C=O) groups excluding carboxylic acids is 2. The van der Waals surface area contributed by atoms with Crippen molar-refractivity contribution in [3.05, 3.63) is 41.5 Å². The monoisotopic (exact) mass is 383 g/mol. The van der Waals surface area contributed by atoms with Gasteiger partial charge in [-0.3, -0.25) is 4.79 Å². The Bertz CT molecular complexity index is 700. The van der Waals surface area contributed by atoms with Crippen molar-refractivity contribution in [1.29, 1.82) is 0 Å². The second-order valence-corrected chi connectivity index (χ2v) is 6.91. The van der Waals surface area contributed by atoms with Crippen LogP contribution >= 0.6 is 0 Å². The maximum Gasteiger partial charge on any atom is 0.416 e. The fraction of sp³-hybridized carbons (Fsp3) is 0.500. The molecule has 1 aliphatic rings. The molecule has 0 saturated heterocycles. The average Bonchev–Trinajstić information content (AvgIpc) is 2.61. The van der Waals surface area contributed by atoms with Gasteiger partial charge in [-0.05, 0) is 49.5 Å². The van der Waals surface area contributed by atoms with Gasteiger partial charge in [0.25, 0.3) is 5.91 Å². The standard InChI is InChI=1S/C20H24F3NO3/c1-13-6-3-4-9-17(13)24-19(26)14(2)27-18(25)11-10-15-7-5-8-16(12-15)20(21,22)23/h5,7-8,10-14,17H,3-4,6,9H2,1-2H3,(H,24,26)/b11-10+/t13-,14+,17+/m1/s1. The van der Waals surface area contributed by atoms with E-state index in [4.69, 9.17) is 4.74 Å². The molecule has 0 aromatic heterocycles. The first-order valence-electron chi connectivity index (χ1n) is 9.03. The quantitative estimate of drug-likeness (QED) is 0.608. The van der Waals surface area contributed by atoms with E-state index in [1.807, 2.05) is 0 Å². The molecule has 27 heavy (non-hydrogen) atoms. The number of ether oxygens (including phenoxy) is 1. The van der Waals surface area contributed by atoms with Gasteiger partial charge in [-0.1, -0.05) is 31.9 Å². The molecule has 1 N–H and O–H groups in total. The van der Waals surface area contributed by atoms with Gasteiger partial charge in [0.2, 0.25) is 0 Å². The molecule has 148 valence electrons. The van der Waals surface area contributed by atoms with Crippen LogP contribution in [0.5, 0.6) is 0 Å². The number of hydrogen-bond acceptors (Lipinski definition) is 3. The van der Waals surface area contributed by atoms with Crippen molar-refractivity contribution in [1.82, 2.24) is 5.32 Å². The van der Waals surface area contributed by atoms with Crippen molar-refractivity contribution in [2.24, 2.45) is 5.92 Å². The van der Waals surface area contributed by atoms with Crippen molar-refractivity contribution >= 4 is 18.0 Å². The molecule has 4 nitrogen and oxygen atoms in total. The number of esters is 1. The molecule has 0 bridgehead atoms. The smallest absolute Gasteiger partial charge is 0.416 e. The van der Waals surface area contributed by atoms with E-state index in [9.17, 15) is 22.8 Å². The molecular formula is C20H24F3NO3. The first-order valence-corrected chi connectivity index (χ1v) is 9.03. The van der Waals surface area contributed by atoms with E-state index in [2.05, 4.69) is 12.2 Å². The summed E-state index contributed by atoms with van der Waals surface area (Å²) in [6, 6.07) is 4.67. The van der Waals surface area contributed by atoms with Gasteiger partial charge < -0.3 is 10.1 Å². The molecule has 2 rings (SSSR count). The van der Waals surface area contributed by atoms with Gasteiger partial charge in [-0.15, -0.1) is 0 Å². The molecule has 7 heteroatoms. The van der Waals surface area contributed by atoms with E-state index in [0.717, 1.165) is 43.9 Å². The Morgan fingerprint density at radius 3 is 2.63 bits per heavy atom. The summed E-state index contributed by atoms with van der Waals surface area (Å²) in [4.78, 5) is 24.0. The molecule has 1 aliphatic carbocycles. The molecule has 1 amide bonds. The van der Waals surface area contributed by atoms with E-state index >= 15 is 0 Å². The van der Waals surface area contributed by atoms with Crippen molar-refractivity contribution in [3.8, 4) is 0 Å². The minimum Gasteiger partial charge on any atom is -0.449 e. The number of halogens is 3. The minimum absolute atomic E-state index is 0.0769. The van der Waals surface area contributed by atoms with Gasteiger partial charge >= 0.3 is 12.1 Å². The third-order valence-electron chi connectivity index (χ3n) is 4.73. The van der Waals surface area contributed by atoms with Crippen LogP contribution < -0.4 is 5.32 Å². The van der Waals surface area contributed by atoms with Crippen LogP contribution in [0.3, 0.4) is 0 Å². The summed E-state index contributed by atoms with van der Waals surface area (Å²) in [5, 5.41) is 2.91. The number of nitrogens with one attached hydrogen (secondary N) is 1. The van der Waals surface area contributed by atoms with Crippen LogP contribution in [0.2, 0.25) is 0 Å². The Labute approximate surface area is 156 Å². The van der Waals surface area contributed by atoms with Crippen LogP contribution in [0.25, 0.3) is 6.08 Å². The Hall–Kier alpha value is -2.31. The lowest BCUT2D eigenvalue weighted by atomic mass is 9.86. The Morgan fingerprint density at radius 1 is 1.26 bits per heavy atom. The zero-order valence-electron chi connectivity index (χ0n) is 15.4. The third kappa shape index (κ3) is 6.41. The number of hydrogen-bond donors (Lipinski definition) is 1. The maximum absolute atomic E-state index is 12.7. The highest BCUT2D eigenvalue weighted by molar-refractivity contribution is 5.90. The molecule has 1 aromatic rings. The summed E-state index contributed by atoms with van der Waals surface area (Å²) < 4.78 is 43.1. The first-order chi connectivity index (χ1) is 12.7. The molecule has 0 spiro atoms. The number of benzene rings is 1. The van der Waals surface area contributed by atoms with Gasteiger partial charge in [0.05, 0.1) is 5.56 Å². The van der Waals surface area contributed by atoms with E-state index in [1.165, 1.54) is 25.1 Å². The number of amides is 1. The summed E-state index contributed by atoms with van der Waals surface area (Å²) in [5.74, 6) is -0.771. The molecular weight excluding hydrogens is 359 g/mol. The molecule has 0 radical (unpaired) electrons. The Morgan fingerprint density at radius 2 is 1.96 bits per heavy atom. The Kier molecular flexibility index (Phi) is 7.05. The molecule has 3 atom stereocenters. The normalized spacial score (nSPS) is 21.7. The summed E-state index contributed by atoms with van der Waals surface area (Å²) in [5.41, 5.74) is -0.581. The topological polar surface area (TPSA) is 55.4 Å². The lowest BCUT2D eigenvalue weighted by Crippen LogP contribution is -2.45. The lowest BCUT2D eigenvalue weighted by molar-refractivity contribution is -0.150. The molecule has 1 fully saturated rings. The van der Waals surface area contributed by atoms with Crippen molar-refractivity contribution in [2.75, 3.05) is 0 Å². The minimum atomic E-state index is -4.45. The molecule has 1 saturated carbocycles. The van der Waals surface area contributed by atoms with E-state index in [-0.39, 0.29) is 17.5 Å². The highest BCUT2D eigenvalue weighted by Gasteiger charge is 2.30. The zero-order chi connectivity index (χ0) is 20.0. The fourth-order valence-electron chi connectivity index (χ4n) is 3.08. The maximum atomic E-state index is 12.7. The van der Waals surface area contributed by atoms with Gasteiger partial charge in [0, 0.05) is 12.1 Å². The molecule has 1 aromatic carbocycles. The third-order valence-corrected chi connectivity index (χ3v) is 4.73. The van der Waals surface area contributed by atoms with Gasteiger partial charge in [-0.25, -0.2) is 4.79 Å². The first kappa shape index (κ1) is 21.0. The highest BCUT2D eigenvalue weighted by atomic mass is 19.4. The lowest BCUT2D eigenvalue weighted by Gasteiger charge is -2.30. The van der Waals surface area contributed by atoms with Crippen LogP contribution in [0, 0.1) is 5.92 Å². The van der Waals surface area contributed by atoms with Gasteiger partial charge in [0.15, 0.2) is 6.10 Å². The molecule has 0 heterocycles. The van der Waals surface area contributed by atoms with Crippen LogP contribution in [-0.2, 0) is 20.5 Å². The van der Waals surface area contributed by atoms with Crippen molar-refractivity contribution in [2.45, 2.75) is 57.9 Å².